The Kier molecular flexibility index (Phi) is 5.22. The minimum Gasteiger partial charge on any atom is -0.449 e. The zero-order valence-corrected chi connectivity index (χ0v) is 15.6. The van der Waals surface area contributed by atoms with E-state index in [1.54, 1.807) is 13.0 Å². The summed E-state index contributed by atoms with van der Waals surface area (Å²) in [6, 6.07) is 8.21. The van der Waals surface area contributed by atoms with E-state index in [4.69, 9.17) is 4.74 Å². The van der Waals surface area contributed by atoms with Crippen molar-refractivity contribution in [3.63, 3.8) is 0 Å². The van der Waals surface area contributed by atoms with Crippen LogP contribution in [0.2, 0.25) is 0 Å². The Morgan fingerprint density at radius 3 is 2.28 bits per heavy atom. The molecule has 29 heavy (non-hydrogen) atoms. The molecule has 1 amide bonds. The maximum Gasteiger partial charge on any atom is 0.345 e. The molecule has 148 valence electrons. The highest BCUT2D eigenvalue weighted by atomic mass is 16.6. The van der Waals surface area contributed by atoms with Crippen molar-refractivity contribution in [1.82, 2.24) is 5.32 Å². The summed E-state index contributed by atoms with van der Waals surface area (Å²) in [5, 5.41) is 14.2. The predicted molar refractivity (Wildman–Crippen MR) is 100.0 cm³/mol. The standard InChI is InChI=1S/C20H16N2O7/c1-3-21-19(25)10(2)29-20(26)14-9-8-13-15(16(14)22(27)28)18(24)12-7-5-4-6-11(12)17(13)23/h4-10H,3H2,1-2H3,(H,21,25)/t10-/m0/s1. The van der Waals surface area contributed by atoms with Crippen molar-refractivity contribution >= 4 is 29.1 Å². The van der Waals surface area contributed by atoms with Crippen molar-refractivity contribution in [1.29, 1.82) is 0 Å². The minimum absolute atomic E-state index is 0.0225. The molecule has 2 aromatic rings. The number of likely N-dealkylation sites (N-methyl/N-ethyl adjacent to an activating group) is 1. The highest BCUT2D eigenvalue weighted by Gasteiger charge is 2.39. The van der Waals surface area contributed by atoms with Crippen LogP contribution in [0.25, 0.3) is 0 Å². The number of nitrogens with zero attached hydrogens (tertiary/aromatic N) is 1. The van der Waals surface area contributed by atoms with Crippen molar-refractivity contribution in [2.45, 2.75) is 20.0 Å². The molecule has 1 aliphatic rings. The molecule has 0 aromatic heterocycles. The summed E-state index contributed by atoms with van der Waals surface area (Å²) in [6.45, 7) is 3.31. The largest absolute Gasteiger partial charge is 0.449 e. The fourth-order valence-corrected chi connectivity index (χ4v) is 3.12. The SMILES string of the molecule is CCNC(=O)[C@H](C)OC(=O)c1ccc2c(c1[N+](=O)[O-])C(=O)c1ccccc1C2=O. The van der Waals surface area contributed by atoms with E-state index in [0.29, 0.717) is 6.54 Å². The van der Waals surface area contributed by atoms with Crippen LogP contribution < -0.4 is 5.32 Å². The Hall–Kier alpha value is -3.88. The van der Waals surface area contributed by atoms with Gasteiger partial charge in [-0.15, -0.1) is 0 Å². The van der Waals surface area contributed by atoms with Crippen LogP contribution in [0.5, 0.6) is 0 Å². The molecule has 0 spiro atoms. The third-order valence-corrected chi connectivity index (χ3v) is 4.47. The molecule has 0 saturated carbocycles. The van der Waals surface area contributed by atoms with Gasteiger partial charge < -0.3 is 10.1 Å². The Bertz CT molecular complexity index is 1070. The summed E-state index contributed by atoms with van der Waals surface area (Å²) in [6.07, 6.45) is -1.20. The number of nitro groups is 1. The highest BCUT2D eigenvalue weighted by molar-refractivity contribution is 6.30. The van der Waals surface area contributed by atoms with Crippen LogP contribution in [-0.4, -0.2) is 41.0 Å². The number of nitro benzene ring substituents is 1. The number of carbonyl (C=O) groups is 4. The lowest BCUT2D eigenvalue weighted by Crippen LogP contribution is -2.35. The number of ketones is 2. The van der Waals surface area contributed by atoms with Gasteiger partial charge in [-0.3, -0.25) is 24.5 Å². The van der Waals surface area contributed by atoms with Gasteiger partial charge in [0.1, 0.15) is 11.1 Å². The first-order valence-electron chi connectivity index (χ1n) is 8.76. The minimum atomic E-state index is -1.20. The van der Waals surface area contributed by atoms with Crippen LogP contribution in [0.15, 0.2) is 36.4 Å². The van der Waals surface area contributed by atoms with E-state index in [1.165, 1.54) is 31.2 Å². The Morgan fingerprint density at radius 2 is 1.69 bits per heavy atom. The monoisotopic (exact) mass is 396 g/mol. The van der Waals surface area contributed by atoms with Crippen LogP contribution in [0.1, 0.15) is 56.0 Å². The normalized spacial score (nSPS) is 13.2. The number of amides is 1. The topological polar surface area (TPSA) is 133 Å². The lowest BCUT2D eigenvalue weighted by atomic mass is 9.82. The van der Waals surface area contributed by atoms with E-state index in [2.05, 4.69) is 5.32 Å². The fourth-order valence-electron chi connectivity index (χ4n) is 3.12. The quantitative estimate of drug-likeness (QED) is 0.396. The number of benzene rings is 2. The average molecular weight is 396 g/mol. The van der Waals surface area contributed by atoms with Crippen LogP contribution in [0, 0.1) is 10.1 Å². The molecule has 0 radical (unpaired) electrons. The maximum absolute atomic E-state index is 12.9. The van der Waals surface area contributed by atoms with Gasteiger partial charge in [0.05, 0.1) is 4.92 Å². The predicted octanol–water partition coefficient (Wildman–Crippen LogP) is 2.05. The number of nitrogens with one attached hydrogen (secondary N) is 1. The Labute approximate surface area is 164 Å². The van der Waals surface area contributed by atoms with Crippen LogP contribution >= 0.6 is 0 Å². The molecule has 0 heterocycles. The zero-order valence-electron chi connectivity index (χ0n) is 15.6. The molecule has 2 aromatic carbocycles. The van der Waals surface area contributed by atoms with Crippen molar-refractivity contribution in [2.75, 3.05) is 6.54 Å². The van der Waals surface area contributed by atoms with Crippen molar-refractivity contribution in [2.24, 2.45) is 0 Å². The van der Waals surface area contributed by atoms with E-state index in [1.807, 2.05) is 0 Å². The molecule has 1 N–H and O–H groups in total. The smallest absolute Gasteiger partial charge is 0.345 e. The molecule has 0 bridgehead atoms. The lowest BCUT2D eigenvalue weighted by Gasteiger charge is -2.18. The number of carbonyl (C=O) groups excluding carboxylic acids is 4. The summed E-state index contributed by atoms with van der Waals surface area (Å²) >= 11 is 0. The van der Waals surface area contributed by atoms with E-state index in [9.17, 15) is 29.3 Å². The van der Waals surface area contributed by atoms with Gasteiger partial charge in [-0.2, -0.15) is 0 Å². The molecule has 9 heteroatoms. The summed E-state index contributed by atoms with van der Waals surface area (Å²) in [7, 11) is 0. The van der Waals surface area contributed by atoms with E-state index in [0.717, 1.165) is 6.07 Å². The third-order valence-electron chi connectivity index (χ3n) is 4.47. The molecule has 9 nitrogen and oxygen atoms in total. The Balaban J connectivity index is 2.10. The zero-order chi connectivity index (χ0) is 21.3. The van der Waals surface area contributed by atoms with Gasteiger partial charge in [-0.05, 0) is 26.0 Å². The second-order valence-corrected chi connectivity index (χ2v) is 6.29. The molecule has 3 rings (SSSR count). The number of esters is 1. The first-order valence-corrected chi connectivity index (χ1v) is 8.76. The van der Waals surface area contributed by atoms with Gasteiger partial charge in [0.15, 0.2) is 11.9 Å². The second-order valence-electron chi connectivity index (χ2n) is 6.29. The summed E-state index contributed by atoms with van der Waals surface area (Å²) in [4.78, 5) is 60.7. The first-order chi connectivity index (χ1) is 13.8. The Morgan fingerprint density at radius 1 is 1.07 bits per heavy atom. The molecular formula is C20H16N2O7. The summed E-state index contributed by atoms with van der Waals surface area (Å²) in [5.41, 5.74) is -1.78. The molecule has 0 unspecified atom stereocenters. The number of hydrogen-bond acceptors (Lipinski definition) is 7. The summed E-state index contributed by atoms with van der Waals surface area (Å²) in [5.74, 6) is -2.98. The maximum atomic E-state index is 12.9. The van der Waals surface area contributed by atoms with Crippen LogP contribution in [-0.2, 0) is 9.53 Å². The van der Waals surface area contributed by atoms with Gasteiger partial charge in [0.25, 0.3) is 11.6 Å². The van der Waals surface area contributed by atoms with E-state index in [-0.39, 0.29) is 16.7 Å². The summed E-state index contributed by atoms with van der Waals surface area (Å²) < 4.78 is 5.01. The molecule has 0 saturated heterocycles. The van der Waals surface area contributed by atoms with Gasteiger partial charge in [0.2, 0.25) is 5.78 Å². The first kappa shape index (κ1) is 19.9. The number of ether oxygens (including phenoxy) is 1. The number of fused-ring (bicyclic) bond motifs is 2. The van der Waals surface area contributed by atoms with Gasteiger partial charge in [0, 0.05) is 23.2 Å². The molecule has 1 aliphatic carbocycles. The van der Waals surface area contributed by atoms with Crippen LogP contribution in [0.4, 0.5) is 5.69 Å². The van der Waals surface area contributed by atoms with Crippen molar-refractivity contribution in [3.8, 4) is 0 Å². The molecular weight excluding hydrogens is 380 g/mol. The average Bonchev–Trinajstić information content (AvgIpc) is 2.70. The van der Waals surface area contributed by atoms with Crippen molar-refractivity contribution in [3.05, 3.63) is 74.3 Å². The molecule has 0 aliphatic heterocycles. The second kappa shape index (κ2) is 7.63. The molecule has 1 atom stereocenters. The molecule has 0 fully saturated rings. The van der Waals surface area contributed by atoms with Crippen molar-refractivity contribution < 1.29 is 28.8 Å². The van der Waals surface area contributed by atoms with E-state index < -0.39 is 51.3 Å². The van der Waals surface area contributed by atoms with Crippen LogP contribution in [0.3, 0.4) is 0 Å². The number of hydrogen-bond donors (Lipinski definition) is 1. The van der Waals surface area contributed by atoms with E-state index >= 15 is 0 Å². The third kappa shape index (κ3) is 3.38. The van der Waals surface area contributed by atoms with Gasteiger partial charge >= 0.3 is 5.97 Å². The van der Waals surface area contributed by atoms with Gasteiger partial charge in [-0.25, -0.2) is 4.79 Å². The highest BCUT2D eigenvalue weighted by Crippen LogP contribution is 2.35. The lowest BCUT2D eigenvalue weighted by molar-refractivity contribution is -0.385. The fraction of sp³-hybridized carbons (Fsp3) is 0.200. The van der Waals surface area contributed by atoms with Gasteiger partial charge in [-0.1, -0.05) is 24.3 Å². The number of rotatable bonds is 5.